The van der Waals surface area contributed by atoms with Gasteiger partial charge in [0.15, 0.2) is 0 Å². The summed E-state index contributed by atoms with van der Waals surface area (Å²) < 4.78 is 2.35. The van der Waals surface area contributed by atoms with Crippen LogP contribution in [0.1, 0.15) is 26.2 Å². The van der Waals surface area contributed by atoms with Crippen LogP contribution in [0.3, 0.4) is 0 Å². The van der Waals surface area contributed by atoms with Gasteiger partial charge in [0.1, 0.15) is 5.65 Å². The number of piperidine rings is 1. The zero-order valence-corrected chi connectivity index (χ0v) is 14.8. The predicted molar refractivity (Wildman–Crippen MR) is 95.8 cm³/mol. The van der Waals surface area contributed by atoms with E-state index in [0.717, 1.165) is 36.9 Å². The lowest BCUT2D eigenvalue weighted by Gasteiger charge is -2.32. The van der Waals surface area contributed by atoms with Gasteiger partial charge in [0.2, 0.25) is 0 Å². The number of nitrogens with zero attached hydrogens (tertiary/aromatic N) is 4. The minimum atomic E-state index is -0.430. The highest BCUT2D eigenvalue weighted by atomic mass is 16.2. The number of amides is 2. The Balaban J connectivity index is 1.89. The highest BCUT2D eigenvalue weighted by Gasteiger charge is 2.22. The lowest BCUT2D eigenvalue weighted by atomic mass is 9.96. The van der Waals surface area contributed by atoms with Gasteiger partial charge in [-0.2, -0.15) is 0 Å². The van der Waals surface area contributed by atoms with Gasteiger partial charge in [-0.15, -0.1) is 0 Å². The fourth-order valence-corrected chi connectivity index (χ4v) is 3.32. The number of aryl methyl sites for hydroxylation is 1. The maximum atomic E-state index is 12.5. The molecule has 8 nitrogen and oxygen atoms in total. The van der Waals surface area contributed by atoms with Crippen molar-refractivity contribution in [3.05, 3.63) is 33.1 Å². The van der Waals surface area contributed by atoms with Crippen LogP contribution in [0.25, 0.3) is 11.0 Å². The topological polar surface area (TPSA) is 89.2 Å². The summed E-state index contributed by atoms with van der Waals surface area (Å²) >= 11 is 0. The highest BCUT2D eigenvalue weighted by molar-refractivity contribution is 5.91. The van der Waals surface area contributed by atoms with Gasteiger partial charge >= 0.3 is 11.7 Å². The molecule has 0 unspecified atom stereocenters. The normalized spacial score (nSPS) is 17.7. The second-order valence-electron chi connectivity index (χ2n) is 6.59. The van der Waals surface area contributed by atoms with Crippen molar-refractivity contribution in [3.63, 3.8) is 0 Å². The van der Waals surface area contributed by atoms with Crippen LogP contribution in [0.15, 0.2) is 21.9 Å². The maximum absolute atomic E-state index is 12.5. The lowest BCUT2D eigenvalue weighted by molar-refractivity contribution is 0.176. The second kappa shape index (κ2) is 6.70. The summed E-state index contributed by atoms with van der Waals surface area (Å²) in [6, 6.07) is 1.39. The van der Waals surface area contributed by atoms with E-state index >= 15 is 0 Å². The summed E-state index contributed by atoms with van der Waals surface area (Å²) in [6.45, 7) is 3.62. The van der Waals surface area contributed by atoms with Gasteiger partial charge < -0.3 is 10.2 Å². The Morgan fingerprint density at radius 2 is 2.08 bits per heavy atom. The molecule has 0 aliphatic carbocycles. The molecular formula is C17H23N5O3. The monoisotopic (exact) mass is 345 g/mol. The summed E-state index contributed by atoms with van der Waals surface area (Å²) in [5.41, 5.74) is -0.103. The van der Waals surface area contributed by atoms with Gasteiger partial charge in [0.05, 0.1) is 17.3 Å². The van der Waals surface area contributed by atoms with E-state index in [1.165, 1.54) is 17.8 Å². The first-order valence-corrected chi connectivity index (χ1v) is 8.54. The summed E-state index contributed by atoms with van der Waals surface area (Å²) in [5.74, 6) is 0.538. The molecule has 0 aromatic carbocycles. The highest BCUT2D eigenvalue weighted by Crippen LogP contribution is 2.20. The van der Waals surface area contributed by atoms with E-state index < -0.39 is 11.2 Å². The number of hydrogen-bond acceptors (Lipinski definition) is 4. The van der Waals surface area contributed by atoms with E-state index in [4.69, 9.17) is 0 Å². The molecule has 1 saturated heterocycles. The minimum absolute atomic E-state index is 0.180. The number of fused-ring (bicyclic) bond motifs is 1. The van der Waals surface area contributed by atoms with Crippen molar-refractivity contribution in [2.75, 3.05) is 18.4 Å². The molecule has 25 heavy (non-hydrogen) atoms. The number of rotatable bonds is 2. The predicted octanol–water partition coefficient (Wildman–Crippen LogP) is 1.29. The third-order valence-corrected chi connectivity index (χ3v) is 4.93. The van der Waals surface area contributed by atoms with Crippen molar-refractivity contribution in [2.24, 2.45) is 20.0 Å². The summed E-state index contributed by atoms with van der Waals surface area (Å²) in [6.07, 6.45) is 4.69. The first-order valence-electron chi connectivity index (χ1n) is 8.54. The number of anilines is 1. The molecule has 1 atom stereocenters. The van der Waals surface area contributed by atoms with Crippen LogP contribution in [-0.4, -0.2) is 38.1 Å². The molecule has 1 N–H and O–H groups in total. The average Bonchev–Trinajstić information content (AvgIpc) is 2.64. The number of carbonyl (C=O) groups is 1. The molecule has 8 heteroatoms. The number of likely N-dealkylation sites (tertiary alicyclic amines) is 1. The molecule has 0 bridgehead atoms. The zero-order valence-electron chi connectivity index (χ0n) is 14.8. The van der Waals surface area contributed by atoms with E-state index in [0.29, 0.717) is 22.6 Å². The Bertz CT molecular complexity index is 930. The van der Waals surface area contributed by atoms with Crippen LogP contribution < -0.4 is 16.6 Å². The molecule has 134 valence electrons. The molecule has 1 fully saturated rings. The van der Waals surface area contributed by atoms with E-state index in [1.807, 2.05) is 0 Å². The lowest BCUT2D eigenvalue weighted by Crippen LogP contribution is -2.42. The summed E-state index contributed by atoms with van der Waals surface area (Å²) in [5, 5.41) is 3.12. The van der Waals surface area contributed by atoms with Crippen molar-refractivity contribution in [1.82, 2.24) is 19.0 Å². The molecular weight excluding hydrogens is 322 g/mol. The zero-order chi connectivity index (χ0) is 18.1. The smallest absolute Gasteiger partial charge is 0.324 e. The van der Waals surface area contributed by atoms with Gasteiger partial charge in [-0.25, -0.2) is 14.6 Å². The Morgan fingerprint density at radius 3 is 2.80 bits per heavy atom. The Morgan fingerprint density at radius 1 is 1.32 bits per heavy atom. The molecule has 0 spiro atoms. The number of aromatic nitrogens is 3. The average molecular weight is 345 g/mol. The fourth-order valence-electron chi connectivity index (χ4n) is 3.32. The number of carbonyl (C=O) groups excluding carboxylic acids is 1. The number of pyridine rings is 1. The SMILES string of the molecule is CC[C@H]1CCCN(C(=O)Nc2cnc3c(c2)c(=O)n(C)c(=O)n3C)C1. The Hall–Kier alpha value is -2.64. The van der Waals surface area contributed by atoms with E-state index in [-0.39, 0.29) is 6.03 Å². The Kier molecular flexibility index (Phi) is 4.61. The molecule has 1 aliphatic heterocycles. The van der Waals surface area contributed by atoms with E-state index in [9.17, 15) is 14.4 Å². The largest absolute Gasteiger partial charge is 0.332 e. The molecule has 0 saturated carbocycles. The van der Waals surface area contributed by atoms with Crippen molar-refractivity contribution >= 4 is 22.8 Å². The van der Waals surface area contributed by atoms with Crippen LogP contribution in [0.5, 0.6) is 0 Å². The Labute approximate surface area is 145 Å². The van der Waals surface area contributed by atoms with E-state index in [2.05, 4.69) is 17.2 Å². The van der Waals surface area contributed by atoms with Crippen LogP contribution in [0, 0.1) is 5.92 Å². The van der Waals surface area contributed by atoms with Gasteiger partial charge in [0.25, 0.3) is 5.56 Å². The molecule has 0 radical (unpaired) electrons. The molecule has 2 amide bonds. The number of nitrogens with one attached hydrogen (secondary N) is 1. The standard InChI is InChI=1S/C17H23N5O3/c1-4-11-6-5-7-22(10-11)16(24)19-12-8-13-14(18-9-12)20(2)17(25)21(3)15(13)23/h8-9,11H,4-7,10H2,1-3H3,(H,19,24)/t11-/m0/s1. The molecule has 3 rings (SSSR count). The molecule has 2 aromatic heterocycles. The van der Waals surface area contributed by atoms with Crippen molar-refractivity contribution in [1.29, 1.82) is 0 Å². The van der Waals surface area contributed by atoms with Gasteiger partial charge in [0, 0.05) is 27.2 Å². The molecule has 2 aromatic rings. The van der Waals surface area contributed by atoms with Crippen LogP contribution in [-0.2, 0) is 14.1 Å². The van der Waals surface area contributed by atoms with Gasteiger partial charge in [-0.1, -0.05) is 13.3 Å². The first kappa shape index (κ1) is 17.2. The first-order chi connectivity index (χ1) is 11.9. The van der Waals surface area contributed by atoms with Crippen LogP contribution >= 0.6 is 0 Å². The second-order valence-corrected chi connectivity index (χ2v) is 6.59. The summed E-state index contributed by atoms with van der Waals surface area (Å²) in [7, 11) is 2.99. The third-order valence-electron chi connectivity index (χ3n) is 4.93. The molecule has 3 heterocycles. The number of urea groups is 1. The fraction of sp³-hybridized carbons (Fsp3) is 0.529. The summed E-state index contributed by atoms with van der Waals surface area (Å²) in [4.78, 5) is 42.7. The van der Waals surface area contributed by atoms with Crippen LogP contribution in [0.2, 0.25) is 0 Å². The van der Waals surface area contributed by atoms with Crippen molar-refractivity contribution in [2.45, 2.75) is 26.2 Å². The van der Waals surface area contributed by atoms with Crippen molar-refractivity contribution in [3.8, 4) is 0 Å². The van der Waals surface area contributed by atoms with Crippen LogP contribution in [0.4, 0.5) is 10.5 Å². The minimum Gasteiger partial charge on any atom is -0.324 e. The van der Waals surface area contributed by atoms with Gasteiger partial charge in [-0.3, -0.25) is 13.9 Å². The van der Waals surface area contributed by atoms with E-state index in [1.54, 1.807) is 18.0 Å². The number of hydrogen-bond donors (Lipinski definition) is 1. The quantitative estimate of drug-likeness (QED) is 0.888. The molecule has 1 aliphatic rings. The third kappa shape index (κ3) is 3.16. The maximum Gasteiger partial charge on any atom is 0.332 e. The van der Waals surface area contributed by atoms with Crippen molar-refractivity contribution < 1.29 is 4.79 Å². The van der Waals surface area contributed by atoms with Gasteiger partial charge in [-0.05, 0) is 24.8 Å².